The number of unbranched alkanes of at least 4 members (excludes halogenated alkanes) is 1. The monoisotopic (exact) mass is 479 g/mol. The third kappa shape index (κ3) is 5.09. The number of nitrogens with zero attached hydrogens (tertiary/aromatic N) is 4. The predicted octanol–water partition coefficient (Wildman–Crippen LogP) is 4.04. The maximum Gasteiger partial charge on any atom is 0.318 e. The second-order valence-corrected chi connectivity index (χ2v) is 8.83. The molecule has 35 heavy (non-hydrogen) atoms. The summed E-state index contributed by atoms with van der Waals surface area (Å²) < 4.78 is 33.0. The lowest BCUT2D eigenvalue weighted by molar-refractivity contribution is 0.234. The maximum atomic E-state index is 13.8. The topological polar surface area (TPSA) is 74.3 Å². The predicted molar refractivity (Wildman–Crippen MR) is 132 cm³/mol. The number of nitrogens with one attached hydrogen (secondary N) is 1. The minimum Gasteiger partial charge on any atom is -0.463 e. The highest BCUT2D eigenvalue weighted by atomic mass is 19.1. The Morgan fingerprint density at radius 2 is 1.83 bits per heavy atom. The van der Waals surface area contributed by atoms with E-state index in [9.17, 15) is 13.6 Å². The number of benzene rings is 2. The van der Waals surface area contributed by atoms with E-state index in [-0.39, 0.29) is 17.5 Å². The van der Waals surface area contributed by atoms with Crippen LogP contribution in [0, 0.1) is 18.6 Å². The second-order valence-electron chi connectivity index (χ2n) is 8.83. The van der Waals surface area contributed by atoms with Gasteiger partial charge in [-0.25, -0.2) is 8.78 Å². The molecule has 7 nitrogen and oxygen atoms in total. The number of H-pyrrole nitrogens is 1. The first-order valence-corrected chi connectivity index (χ1v) is 11.8. The summed E-state index contributed by atoms with van der Waals surface area (Å²) in [5.41, 5.74) is 1.09. The van der Waals surface area contributed by atoms with Crippen LogP contribution < -0.4 is 15.2 Å². The molecule has 1 aliphatic rings. The van der Waals surface area contributed by atoms with Crippen LogP contribution >= 0.6 is 0 Å². The summed E-state index contributed by atoms with van der Waals surface area (Å²) in [6.45, 7) is 6.84. The van der Waals surface area contributed by atoms with Crippen LogP contribution in [0.1, 0.15) is 18.5 Å². The van der Waals surface area contributed by atoms with E-state index >= 15 is 0 Å². The molecule has 1 N–H and O–H groups in total. The van der Waals surface area contributed by atoms with E-state index in [0.29, 0.717) is 17.7 Å². The average molecular weight is 480 g/mol. The van der Waals surface area contributed by atoms with Gasteiger partial charge in [0.1, 0.15) is 11.5 Å². The van der Waals surface area contributed by atoms with E-state index in [2.05, 4.69) is 30.8 Å². The lowest BCUT2D eigenvalue weighted by atomic mass is 10.1. The van der Waals surface area contributed by atoms with Crippen LogP contribution in [0.5, 0.6) is 6.01 Å². The van der Waals surface area contributed by atoms with Crippen molar-refractivity contribution in [3.05, 3.63) is 70.1 Å². The number of hydrogen-bond donors (Lipinski definition) is 1. The molecule has 1 fully saturated rings. The van der Waals surface area contributed by atoms with Gasteiger partial charge in [0.15, 0.2) is 5.82 Å². The zero-order valence-electron chi connectivity index (χ0n) is 19.6. The largest absolute Gasteiger partial charge is 0.463 e. The normalized spacial score (nSPS) is 14.7. The Kier molecular flexibility index (Phi) is 6.59. The van der Waals surface area contributed by atoms with Crippen LogP contribution in [-0.4, -0.2) is 59.2 Å². The molecule has 0 radical (unpaired) electrons. The fourth-order valence-corrected chi connectivity index (χ4v) is 4.57. The van der Waals surface area contributed by atoms with E-state index in [1.54, 1.807) is 13.0 Å². The van der Waals surface area contributed by atoms with E-state index < -0.39 is 11.4 Å². The van der Waals surface area contributed by atoms with E-state index in [0.717, 1.165) is 68.1 Å². The smallest absolute Gasteiger partial charge is 0.318 e. The standard InChI is InChI=1S/C26H27F2N5O2/c1-17-20-16-22(28)25(34)30-24(20)31-26(29-17)35-14-3-2-9-32-10-12-33(13-11-32)23-6-4-5-18-7-8-19(27)15-21(18)23/h4-8,15-16H,2-3,9-14H2,1H3,(H,29,30,31,34). The Hall–Kier alpha value is -3.59. The molecule has 2 aromatic heterocycles. The molecule has 1 aliphatic heterocycles. The van der Waals surface area contributed by atoms with Crippen LogP contribution in [0.4, 0.5) is 14.5 Å². The Balaban J connectivity index is 1.09. The summed E-state index contributed by atoms with van der Waals surface area (Å²) in [4.78, 5) is 27.2. The molecule has 0 bridgehead atoms. The van der Waals surface area contributed by atoms with E-state index in [1.165, 1.54) is 6.07 Å². The van der Waals surface area contributed by atoms with Gasteiger partial charge < -0.3 is 14.6 Å². The first-order valence-electron chi connectivity index (χ1n) is 11.8. The zero-order chi connectivity index (χ0) is 24.4. The van der Waals surface area contributed by atoms with Gasteiger partial charge in [-0.2, -0.15) is 9.97 Å². The Bertz CT molecular complexity index is 1420. The maximum absolute atomic E-state index is 13.8. The molecule has 0 saturated carbocycles. The molecular formula is C26H27F2N5O2. The number of piperazine rings is 1. The van der Waals surface area contributed by atoms with Crippen molar-refractivity contribution >= 4 is 27.5 Å². The molecule has 2 aromatic carbocycles. The fraction of sp³-hybridized carbons (Fsp3) is 0.346. The number of aryl methyl sites for hydroxylation is 1. The molecule has 0 atom stereocenters. The van der Waals surface area contributed by atoms with Crippen LogP contribution in [0.25, 0.3) is 21.8 Å². The van der Waals surface area contributed by atoms with E-state index in [4.69, 9.17) is 4.74 Å². The van der Waals surface area contributed by atoms with Gasteiger partial charge in [-0.05, 0) is 56.0 Å². The molecule has 5 rings (SSSR count). The summed E-state index contributed by atoms with van der Waals surface area (Å²) in [6, 6.07) is 12.4. The minimum absolute atomic E-state index is 0.178. The average Bonchev–Trinajstić information content (AvgIpc) is 2.85. The summed E-state index contributed by atoms with van der Waals surface area (Å²) >= 11 is 0. The van der Waals surface area contributed by atoms with Crippen molar-refractivity contribution in [1.29, 1.82) is 0 Å². The Labute approximate surface area is 201 Å². The Morgan fingerprint density at radius 1 is 1.00 bits per heavy atom. The number of pyridine rings is 1. The Morgan fingerprint density at radius 3 is 2.66 bits per heavy atom. The van der Waals surface area contributed by atoms with Gasteiger partial charge in [0.2, 0.25) is 0 Å². The van der Waals surface area contributed by atoms with Gasteiger partial charge >= 0.3 is 6.01 Å². The highest BCUT2D eigenvalue weighted by Crippen LogP contribution is 2.28. The summed E-state index contributed by atoms with van der Waals surface area (Å²) in [6.07, 6.45) is 1.80. The van der Waals surface area contributed by atoms with Crippen molar-refractivity contribution < 1.29 is 13.5 Å². The van der Waals surface area contributed by atoms with Gasteiger partial charge in [-0.1, -0.05) is 18.2 Å². The third-order valence-electron chi connectivity index (χ3n) is 6.47. The van der Waals surface area contributed by atoms with Crippen molar-refractivity contribution in [2.24, 2.45) is 0 Å². The number of fused-ring (bicyclic) bond motifs is 2. The van der Waals surface area contributed by atoms with Gasteiger partial charge in [0, 0.05) is 42.6 Å². The number of anilines is 1. The number of ether oxygens (including phenoxy) is 1. The number of halogens is 2. The van der Waals surface area contributed by atoms with Crippen molar-refractivity contribution in [2.45, 2.75) is 19.8 Å². The van der Waals surface area contributed by atoms with Gasteiger partial charge in [-0.3, -0.25) is 9.69 Å². The minimum atomic E-state index is -0.857. The molecule has 1 saturated heterocycles. The van der Waals surface area contributed by atoms with Gasteiger partial charge in [0.05, 0.1) is 12.3 Å². The summed E-state index contributed by atoms with van der Waals surface area (Å²) in [7, 11) is 0. The lowest BCUT2D eigenvalue weighted by Gasteiger charge is -2.36. The number of rotatable bonds is 7. The van der Waals surface area contributed by atoms with Crippen LogP contribution in [-0.2, 0) is 0 Å². The van der Waals surface area contributed by atoms with Crippen LogP contribution in [0.3, 0.4) is 0 Å². The fourth-order valence-electron chi connectivity index (χ4n) is 4.57. The molecular weight excluding hydrogens is 452 g/mol. The molecule has 4 aromatic rings. The highest BCUT2D eigenvalue weighted by Gasteiger charge is 2.18. The first kappa shape index (κ1) is 23.2. The molecule has 3 heterocycles. The van der Waals surface area contributed by atoms with Crippen molar-refractivity contribution in [1.82, 2.24) is 19.9 Å². The number of hydrogen-bond acceptors (Lipinski definition) is 6. The number of aromatic nitrogens is 3. The molecule has 9 heteroatoms. The summed E-state index contributed by atoms with van der Waals surface area (Å²) in [5, 5.41) is 2.47. The van der Waals surface area contributed by atoms with Crippen molar-refractivity contribution in [2.75, 3.05) is 44.2 Å². The third-order valence-corrected chi connectivity index (χ3v) is 6.47. The summed E-state index contributed by atoms with van der Waals surface area (Å²) in [5.74, 6) is -1.07. The van der Waals surface area contributed by atoms with Crippen molar-refractivity contribution in [3.63, 3.8) is 0 Å². The quantitative estimate of drug-likeness (QED) is 0.404. The molecule has 0 spiro atoms. The lowest BCUT2D eigenvalue weighted by Crippen LogP contribution is -2.46. The van der Waals surface area contributed by atoms with Gasteiger partial charge in [0.25, 0.3) is 5.56 Å². The molecule has 0 unspecified atom stereocenters. The molecule has 0 amide bonds. The van der Waals surface area contributed by atoms with E-state index in [1.807, 2.05) is 18.2 Å². The second kappa shape index (κ2) is 9.95. The van der Waals surface area contributed by atoms with Crippen LogP contribution in [0.15, 0.2) is 47.3 Å². The molecule has 0 aliphatic carbocycles. The zero-order valence-corrected chi connectivity index (χ0v) is 19.6. The molecule has 182 valence electrons. The van der Waals surface area contributed by atoms with Crippen LogP contribution in [0.2, 0.25) is 0 Å². The van der Waals surface area contributed by atoms with Gasteiger partial charge in [-0.15, -0.1) is 0 Å². The first-order chi connectivity index (χ1) is 17.0. The highest BCUT2D eigenvalue weighted by molar-refractivity contribution is 5.94. The van der Waals surface area contributed by atoms with Crippen molar-refractivity contribution in [3.8, 4) is 6.01 Å². The number of aromatic amines is 1. The SMILES string of the molecule is Cc1nc(OCCCCN2CCN(c3cccc4ccc(F)cc34)CC2)nc2[nH]c(=O)c(F)cc12.